The molecule has 3 atom stereocenters. The second-order valence-electron chi connectivity index (χ2n) is 9.91. The van der Waals surface area contributed by atoms with Crippen LogP contribution >= 0.6 is 11.6 Å². The Hall–Kier alpha value is -4.28. The van der Waals surface area contributed by atoms with Crippen molar-refractivity contribution in [3.63, 3.8) is 0 Å². The SMILES string of the molecule is CO[C@@H]1C[C@H](C(=O)Nc2ccc(N3CCC(C(=O)c4ccccc4)C3=O)cc2F)N(C(=O)Nc2ccc(Cl)cc2)C1. The average molecular weight is 579 g/mol. The number of benzene rings is 3. The van der Waals surface area contributed by atoms with Crippen molar-refractivity contribution < 1.29 is 28.3 Å². The Labute approximate surface area is 241 Å². The summed E-state index contributed by atoms with van der Waals surface area (Å²) in [4.78, 5) is 54.8. The van der Waals surface area contributed by atoms with Crippen molar-refractivity contribution in [2.45, 2.75) is 25.0 Å². The van der Waals surface area contributed by atoms with E-state index in [1.807, 2.05) is 0 Å². The van der Waals surface area contributed by atoms with Crippen LogP contribution in [0.25, 0.3) is 0 Å². The summed E-state index contributed by atoms with van der Waals surface area (Å²) in [6.45, 7) is 0.445. The van der Waals surface area contributed by atoms with Gasteiger partial charge in [0.25, 0.3) is 0 Å². The maximum absolute atomic E-state index is 15.2. The fourth-order valence-corrected chi connectivity index (χ4v) is 5.27. The normalized spacial score (nSPS) is 20.3. The summed E-state index contributed by atoms with van der Waals surface area (Å²) in [6, 6.07) is 17.8. The Morgan fingerprint density at radius 3 is 2.41 bits per heavy atom. The first-order chi connectivity index (χ1) is 19.7. The number of halogens is 2. The number of ether oxygens (including phenoxy) is 1. The highest BCUT2D eigenvalue weighted by molar-refractivity contribution is 6.30. The largest absolute Gasteiger partial charge is 0.380 e. The number of urea groups is 1. The molecule has 0 aromatic heterocycles. The van der Waals surface area contributed by atoms with Gasteiger partial charge in [0.1, 0.15) is 17.8 Å². The number of Topliss-reactive ketones (excluding diaryl/α,β-unsaturated/α-hetero) is 1. The minimum absolute atomic E-state index is 0.0961. The monoisotopic (exact) mass is 578 g/mol. The molecule has 3 aromatic carbocycles. The zero-order chi connectivity index (χ0) is 29.1. The predicted molar refractivity (Wildman–Crippen MR) is 153 cm³/mol. The first-order valence-corrected chi connectivity index (χ1v) is 13.5. The lowest BCUT2D eigenvalue weighted by molar-refractivity contribution is -0.120. The van der Waals surface area contributed by atoms with Gasteiger partial charge in [0.05, 0.1) is 11.8 Å². The number of carbonyl (C=O) groups is 4. The van der Waals surface area contributed by atoms with Crippen LogP contribution < -0.4 is 15.5 Å². The van der Waals surface area contributed by atoms with Crippen LogP contribution in [-0.2, 0) is 14.3 Å². The summed E-state index contributed by atoms with van der Waals surface area (Å²) in [6.07, 6.45) is 0.180. The van der Waals surface area contributed by atoms with Gasteiger partial charge in [-0.25, -0.2) is 9.18 Å². The lowest BCUT2D eigenvalue weighted by Crippen LogP contribution is -2.45. The standard InChI is InChI=1S/C30H28ClFN4O5/c1-41-22-16-26(36(17-22)30(40)33-20-9-7-19(31)8-10-20)28(38)34-25-12-11-21(15-24(25)32)35-14-13-23(29(35)39)27(37)18-5-3-2-4-6-18/h2-12,15,22-23,26H,13-14,16-17H2,1H3,(H,33,40)(H,34,38)/t22-,23?,26-/m1/s1. The van der Waals surface area contributed by atoms with E-state index >= 15 is 4.39 Å². The second-order valence-corrected chi connectivity index (χ2v) is 10.3. The third-order valence-corrected chi connectivity index (χ3v) is 7.61. The zero-order valence-corrected chi connectivity index (χ0v) is 22.9. The minimum Gasteiger partial charge on any atom is -0.380 e. The predicted octanol–water partition coefficient (Wildman–Crippen LogP) is 4.97. The van der Waals surface area contributed by atoms with Crippen LogP contribution in [0.15, 0.2) is 72.8 Å². The Morgan fingerprint density at radius 1 is 1.00 bits per heavy atom. The number of amides is 4. The van der Waals surface area contributed by atoms with Crippen molar-refractivity contribution in [1.29, 1.82) is 0 Å². The first kappa shape index (κ1) is 28.3. The summed E-state index contributed by atoms with van der Waals surface area (Å²) in [7, 11) is 1.50. The van der Waals surface area contributed by atoms with Crippen molar-refractivity contribution in [2.24, 2.45) is 5.92 Å². The van der Waals surface area contributed by atoms with Gasteiger partial charge in [-0.05, 0) is 48.9 Å². The summed E-state index contributed by atoms with van der Waals surface area (Å²) >= 11 is 5.91. The summed E-state index contributed by atoms with van der Waals surface area (Å²) in [5, 5.41) is 5.82. The molecule has 5 rings (SSSR count). The number of hydrogen-bond acceptors (Lipinski definition) is 5. The topological polar surface area (TPSA) is 108 Å². The van der Waals surface area contributed by atoms with E-state index in [-0.39, 0.29) is 42.8 Å². The second kappa shape index (κ2) is 12.1. The molecule has 2 saturated heterocycles. The van der Waals surface area contributed by atoms with Gasteiger partial charge in [-0.15, -0.1) is 0 Å². The number of carbonyl (C=O) groups excluding carboxylic acids is 4. The van der Waals surface area contributed by atoms with Crippen LogP contribution in [0.4, 0.5) is 26.2 Å². The molecule has 41 heavy (non-hydrogen) atoms. The molecule has 2 fully saturated rings. The molecular weight excluding hydrogens is 551 g/mol. The Balaban J connectivity index is 1.26. The smallest absolute Gasteiger partial charge is 0.322 e. The molecular formula is C30H28ClFN4O5. The number of hydrogen-bond donors (Lipinski definition) is 2. The molecule has 0 bridgehead atoms. The van der Waals surface area contributed by atoms with Crippen LogP contribution in [-0.4, -0.2) is 60.9 Å². The molecule has 0 radical (unpaired) electrons. The molecule has 4 amide bonds. The molecule has 0 saturated carbocycles. The van der Waals surface area contributed by atoms with Crippen molar-refractivity contribution in [1.82, 2.24) is 4.90 Å². The lowest BCUT2D eigenvalue weighted by Gasteiger charge is -2.24. The van der Waals surface area contributed by atoms with Gasteiger partial charge in [-0.3, -0.25) is 14.4 Å². The van der Waals surface area contributed by atoms with E-state index < -0.39 is 35.6 Å². The molecule has 11 heteroatoms. The number of methoxy groups -OCH3 is 1. The first-order valence-electron chi connectivity index (χ1n) is 13.1. The third-order valence-electron chi connectivity index (χ3n) is 7.36. The molecule has 1 unspecified atom stereocenters. The highest BCUT2D eigenvalue weighted by atomic mass is 35.5. The van der Waals surface area contributed by atoms with Gasteiger partial charge in [0.2, 0.25) is 11.8 Å². The van der Waals surface area contributed by atoms with Gasteiger partial charge < -0.3 is 25.2 Å². The molecule has 2 N–H and O–H groups in total. The Morgan fingerprint density at radius 2 is 1.73 bits per heavy atom. The van der Waals surface area contributed by atoms with Gasteiger partial charge in [-0.2, -0.15) is 0 Å². The number of ketones is 1. The molecule has 2 heterocycles. The van der Waals surface area contributed by atoms with Crippen molar-refractivity contribution in [3.05, 3.63) is 89.2 Å². The van der Waals surface area contributed by atoms with Crippen LogP contribution in [0.5, 0.6) is 0 Å². The number of likely N-dealkylation sites (tertiary alicyclic amines) is 1. The van der Waals surface area contributed by atoms with Crippen LogP contribution in [0.1, 0.15) is 23.2 Å². The Bertz CT molecular complexity index is 1470. The minimum atomic E-state index is -0.906. The van der Waals surface area contributed by atoms with E-state index in [1.54, 1.807) is 54.6 Å². The van der Waals surface area contributed by atoms with Crippen LogP contribution in [0.2, 0.25) is 5.02 Å². The summed E-state index contributed by atoms with van der Waals surface area (Å²) in [5.41, 5.74) is 1.15. The molecule has 9 nitrogen and oxygen atoms in total. The maximum atomic E-state index is 15.2. The maximum Gasteiger partial charge on any atom is 0.322 e. The molecule has 0 spiro atoms. The van der Waals surface area contributed by atoms with E-state index in [9.17, 15) is 19.2 Å². The van der Waals surface area contributed by atoms with Crippen LogP contribution in [0.3, 0.4) is 0 Å². The summed E-state index contributed by atoms with van der Waals surface area (Å²) < 4.78 is 20.6. The van der Waals surface area contributed by atoms with Crippen molar-refractivity contribution >= 4 is 52.3 Å². The van der Waals surface area contributed by atoms with Gasteiger partial charge >= 0.3 is 6.03 Å². The fourth-order valence-electron chi connectivity index (χ4n) is 5.14. The Kier molecular flexibility index (Phi) is 8.32. The number of anilines is 3. The van der Waals surface area contributed by atoms with Gasteiger partial charge in [-0.1, -0.05) is 41.9 Å². The molecule has 3 aromatic rings. The highest BCUT2D eigenvalue weighted by Crippen LogP contribution is 2.31. The van der Waals surface area contributed by atoms with E-state index in [0.29, 0.717) is 22.7 Å². The number of nitrogens with zero attached hydrogens (tertiary/aromatic N) is 2. The quantitative estimate of drug-likeness (QED) is 0.304. The number of rotatable bonds is 7. The van der Waals surface area contributed by atoms with E-state index in [4.69, 9.17) is 16.3 Å². The van der Waals surface area contributed by atoms with E-state index in [1.165, 1.54) is 29.0 Å². The van der Waals surface area contributed by atoms with E-state index in [0.717, 1.165) is 6.07 Å². The highest BCUT2D eigenvalue weighted by Gasteiger charge is 2.41. The van der Waals surface area contributed by atoms with Gasteiger partial charge in [0.15, 0.2) is 5.78 Å². The average Bonchev–Trinajstić information content (AvgIpc) is 3.59. The fraction of sp³-hybridized carbons (Fsp3) is 0.267. The van der Waals surface area contributed by atoms with E-state index in [2.05, 4.69) is 10.6 Å². The van der Waals surface area contributed by atoms with Crippen molar-refractivity contribution in [3.8, 4) is 0 Å². The van der Waals surface area contributed by atoms with Gasteiger partial charge in [0, 0.05) is 48.6 Å². The third kappa shape index (κ3) is 6.08. The van der Waals surface area contributed by atoms with Crippen molar-refractivity contribution in [2.75, 3.05) is 35.7 Å². The van der Waals surface area contributed by atoms with Crippen LogP contribution in [0, 0.1) is 11.7 Å². The zero-order valence-electron chi connectivity index (χ0n) is 22.2. The summed E-state index contributed by atoms with van der Waals surface area (Å²) in [5.74, 6) is -2.82. The molecule has 2 aliphatic rings. The number of nitrogens with one attached hydrogen (secondary N) is 2. The molecule has 212 valence electrons. The molecule has 2 aliphatic heterocycles. The lowest BCUT2D eigenvalue weighted by atomic mass is 9.96. The molecule has 0 aliphatic carbocycles.